The third kappa shape index (κ3) is 2.68. The van der Waals surface area contributed by atoms with E-state index in [-0.39, 0.29) is 11.3 Å². The van der Waals surface area contributed by atoms with Crippen LogP contribution in [0.15, 0.2) is 36.7 Å². The molecule has 0 aliphatic heterocycles. The zero-order valence-corrected chi connectivity index (χ0v) is 13.0. The molecule has 3 rings (SSSR count). The van der Waals surface area contributed by atoms with Crippen LogP contribution in [0.4, 0.5) is 0 Å². The largest absolute Gasteiger partial charge is 0.341 e. The number of likely N-dealkylation sites (N-methyl/N-ethyl adjacent to an activating group) is 1. The predicted octanol–water partition coefficient (Wildman–Crippen LogP) is 2.76. The number of nitrogens with zero attached hydrogens (tertiary/aromatic N) is 3. The van der Waals surface area contributed by atoms with Crippen molar-refractivity contribution in [3.63, 3.8) is 0 Å². The summed E-state index contributed by atoms with van der Waals surface area (Å²) in [7, 11) is 3.72. The summed E-state index contributed by atoms with van der Waals surface area (Å²) < 4.78 is 1.75. The normalized spacial score (nSPS) is 15.8. The van der Waals surface area contributed by atoms with Gasteiger partial charge in [-0.1, -0.05) is 23.7 Å². The van der Waals surface area contributed by atoms with Gasteiger partial charge in [0.25, 0.3) is 0 Å². The highest BCUT2D eigenvalue weighted by Gasteiger charge is 2.52. The molecule has 0 unspecified atom stereocenters. The van der Waals surface area contributed by atoms with Gasteiger partial charge >= 0.3 is 0 Å². The molecule has 0 saturated heterocycles. The topological polar surface area (TPSA) is 38.1 Å². The van der Waals surface area contributed by atoms with Crippen LogP contribution in [0.5, 0.6) is 0 Å². The Morgan fingerprint density at radius 3 is 2.81 bits per heavy atom. The number of aromatic nitrogens is 2. The molecule has 0 N–H and O–H groups in total. The first-order chi connectivity index (χ1) is 10.0. The summed E-state index contributed by atoms with van der Waals surface area (Å²) in [5.41, 5.74) is 1.69. The standard InChI is InChI=1S/C16H18ClN3O/c1-19(10-12-9-18-20(2)11-12)15(21)16(6-7-16)13-4-3-5-14(17)8-13/h3-5,8-9,11H,6-7,10H2,1-2H3. The Balaban J connectivity index is 1.78. The first kappa shape index (κ1) is 14.1. The number of carbonyl (C=O) groups excluding carboxylic acids is 1. The van der Waals surface area contributed by atoms with Crippen LogP contribution >= 0.6 is 11.6 Å². The van der Waals surface area contributed by atoms with Crippen molar-refractivity contribution in [3.05, 3.63) is 52.8 Å². The maximum atomic E-state index is 12.8. The fraction of sp³-hybridized carbons (Fsp3) is 0.375. The number of hydrogen-bond acceptors (Lipinski definition) is 2. The van der Waals surface area contributed by atoms with E-state index < -0.39 is 0 Å². The minimum absolute atomic E-state index is 0.161. The maximum absolute atomic E-state index is 12.8. The fourth-order valence-corrected chi connectivity index (χ4v) is 2.99. The van der Waals surface area contributed by atoms with Gasteiger partial charge in [-0.05, 0) is 30.5 Å². The van der Waals surface area contributed by atoms with Gasteiger partial charge < -0.3 is 4.90 Å². The molecule has 1 amide bonds. The van der Waals surface area contributed by atoms with E-state index in [1.807, 2.05) is 44.6 Å². The van der Waals surface area contributed by atoms with E-state index in [0.717, 1.165) is 24.0 Å². The molecule has 1 saturated carbocycles. The summed E-state index contributed by atoms with van der Waals surface area (Å²) in [6.07, 6.45) is 5.51. The van der Waals surface area contributed by atoms with E-state index in [9.17, 15) is 4.79 Å². The number of rotatable bonds is 4. The monoisotopic (exact) mass is 303 g/mol. The van der Waals surface area contributed by atoms with Crippen molar-refractivity contribution in [2.45, 2.75) is 24.8 Å². The van der Waals surface area contributed by atoms with E-state index in [2.05, 4.69) is 5.10 Å². The average Bonchev–Trinajstić information content (AvgIpc) is 3.17. The number of carbonyl (C=O) groups is 1. The lowest BCUT2D eigenvalue weighted by atomic mass is 9.94. The summed E-state index contributed by atoms with van der Waals surface area (Å²) >= 11 is 6.06. The van der Waals surface area contributed by atoms with E-state index >= 15 is 0 Å². The van der Waals surface area contributed by atoms with Gasteiger partial charge in [0.1, 0.15) is 0 Å². The lowest BCUT2D eigenvalue weighted by molar-refractivity contribution is -0.133. The average molecular weight is 304 g/mol. The molecule has 4 nitrogen and oxygen atoms in total. The van der Waals surface area contributed by atoms with Crippen LogP contribution < -0.4 is 0 Å². The molecule has 0 spiro atoms. The Morgan fingerprint density at radius 1 is 1.48 bits per heavy atom. The second-order valence-electron chi connectivity index (χ2n) is 5.78. The molecule has 1 heterocycles. The van der Waals surface area contributed by atoms with Crippen molar-refractivity contribution in [3.8, 4) is 0 Å². The van der Waals surface area contributed by atoms with Gasteiger partial charge in [-0.2, -0.15) is 5.10 Å². The van der Waals surface area contributed by atoms with Crippen molar-refractivity contribution >= 4 is 17.5 Å². The molecular weight excluding hydrogens is 286 g/mol. The molecule has 0 atom stereocenters. The molecule has 1 aliphatic rings. The Hall–Kier alpha value is -1.81. The highest BCUT2D eigenvalue weighted by Crippen LogP contribution is 2.50. The van der Waals surface area contributed by atoms with Crippen LogP contribution in [0.25, 0.3) is 0 Å². The zero-order valence-electron chi connectivity index (χ0n) is 12.2. The Morgan fingerprint density at radius 2 is 2.24 bits per heavy atom. The second-order valence-corrected chi connectivity index (χ2v) is 6.21. The number of aryl methyl sites for hydroxylation is 1. The fourth-order valence-electron chi connectivity index (χ4n) is 2.80. The van der Waals surface area contributed by atoms with Gasteiger partial charge in [0.2, 0.25) is 5.91 Å². The minimum atomic E-state index is -0.373. The van der Waals surface area contributed by atoms with Gasteiger partial charge in [-0.3, -0.25) is 9.48 Å². The third-order valence-electron chi connectivity index (χ3n) is 4.06. The van der Waals surface area contributed by atoms with E-state index in [0.29, 0.717) is 11.6 Å². The van der Waals surface area contributed by atoms with Crippen LogP contribution in [-0.2, 0) is 23.8 Å². The summed E-state index contributed by atoms with van der Waals surface area (Å²) in [6, 6.07) is 7.65. The van der Waals surface area contributed by atoms with E-state index in [4.69, 9.17) is 11.6 Å². The molecule has 1 aromatic carbocycles. The molecule has 1 fully saturated rings. The first-order valence-electron chi connectivity index (χ1n) is 7.00. The SMILES string of the molecule is CN(Cc1cnn(C)c1)C(=O)C1(c2cccc(Cl)c2)CC1. The summed E-state index contributed by atoms with van der Waals surface area (Å²) in [5, 5.41) is 4.82. The van der Waals surface area contributed by atoms with Crippen molar-refractivity contribution in [1.82, 2.24) is 14.7 Å². The van der Waals surface area contributed by atoms with Crippen LogP contribution in [0, 0.1) is 0 Å². The third-order valence-corrected chi connectivity index (χ3v) is 4.30. The minimum Gasteiger partial charge on any atom is -0.341 e. The Bertz CT molecular complexity index is 676. The molecule has 1 aromatic heterocycles. The number of benzene rings is 1. The summed E-state index contributed by atoms with van der Waals surface area (Å²) in [5.74, 6) is 0.161. The maximum Gasteiger partial charge on any atom is 0.233 e. The number of halogens is 1. The van der Waals surface area contributed by atoms with Crippen molar-refractivity contribution in [2.75, 3.05) is 7.05 Å². The van der Waals surface area contributed by atoms with E-state index in [1.165, 1.54) is 0 Å². The van der Waals surface area contributed by atoms with Crippen molar-refractivity contribution in [1.29, 1.82) is 0 Å². The zero-order chi connectivity index (χ0) is 15.0. The molecule has 0 bridgehead atoms. The van der Waals surface area contributed by atoms with Crippen molar-refractivity contribution < 1.29 is 4.79 Å². The van der Waals surface area contributed by atoms with Crippen LogP contribution in [0.1, 0.15) is 24.0 Å². The summed E-state index contributed by atoms with van der Waals surface area (Å²) in [6.45, 7) is 0.578. The molecular formula is C16H18ClN3O. The van der Waals surface area contributed by atoms with Gasteiger partial charge in [-0.25, -0.2) is 0 Å². The van der Waals surface area contributed by atoms with Crippen molar-refractivity contribution in [2.24, 2.45) is 7.05 Å². The van der Waals surface area contributed by atoms with Gasteiger partial charge in [0.05, 0.1) is 11.6 Å². The molecule has 21 heavy (non-hydrogen) atoms. The Kier molecular flexibility index (Phi) is 3.49. The number of amides is 1. The quantitative estimate of drug-likeness (QED) is 0.871. The molecule has 2 aromatic rings. The molecule has 1 aliphatic carbocycles. The molecule has 5 heteroatoms. The highest BCUT2D eigenvalue weighted by molar-refractivity contribution is 6.30. The Labute approximate surface area is 129 Å². The van der Waals surface area contributed by atoms with E-state index in [1.54, 1.807) is 15.8 Å². The van der Waals surface area contributed by atoms with Gasteiger partial charge in [0.15, 0.2) is 0 Å². The lowest BCUT2D eigenvalue weighted by Crippen LogP contribution is -2.36. The van der Waals surface area contributed by atoms with Gasteiger partial charge in [0, 0.05) is 37.4 Å². The van der Waals surface area contributed by atoms with Crippen LogP contribution in [-0.4, -0.2) is 27.6 Å². The highest BCUT2D eigenvalue weighted by atomic mass is 35.5. The lowest BCUT2D eigenvalue weighted by Gasteiger charge is -2.23. The first-order valence-corrected chi connectivity index (χ1v) is 7.38. The molecule has 110 valence electrons. The molecule has 0 radical (unpaired) electrons. The van der Waals surface area contributed by atoms with Gasteiger partial charge in [-0.15, -0.1) is 0 Å². The predicted molar refractivity (Wildman–Crippen MR) is 82.0 cm³/mol. The smallest absolute Gasteiger partial charge is 0.233 e. The second kappa shape index (κ2) is 5.19. The van der Waals surface area contributed by atoms with Crippen LogP contribution in [0.2, 0.25) is 5.02 Å². The number of hydrogen-bond donors (Lipinski definition) is 0. The van der Waals surface area contributed by atoms with Crippen LogP contribution in [0.3, 0.4) is 0 Å². The summed E-state index contributed by atoms with van der Waals surface area (Å²) in [4.78, 5) is 14.6.